The molecule has 15 heteroatoms. The number of rotatable bonds is 7. The van der Waals surface area contributed by atoms with Crippen LogP contribution in [0.15, 0.2) is 228 Å². The number of aromatic amines is 3. The lowest BCUT2D eigenvalue weighted by Crippen LogP contribution is -2.29. The number of benzene rings is 4. The topological polar surface area (TPSA) is 192 Å². The second kappa shape index (κ2) is 21.0. The number of H-pyrrole nitrogens is 3. The third-order valence-electron chi connectivity index (χ3n) is 9.25. The van der Waals surface area contributed by atoms with Gasteiger partial charge in [-0.2, -0.15) is 0 Å². The lowest BCUT2D eigenvalue weighted by atomic mass is 9.81. The van der Waals surface area contributed by atoms with Gasteiger partial charge in [-0.05, 0) is 60.1 Å². The van der Waals surface area contributed by atoms with Gasteiger partial charge in [-0.1, -0.05) is 84.9 Å². The van der Waals surface area contributed by atoms with Gasteiger partial charge in [-0.25, -0.2) is 15.0 Å². The maximum absolute atomic E-state index is 12.2. The first-order valence-electron chi connectivity index (χ1n) is 19.6. The van der Waals surface area contributed by atoms with Crippen molar-refractivity contribution < 1.29 is 10.0 Å². The molecule has 6 aromatic heterocycles. The van der Waals surface area contributed by atoms with E-state index in [1.165, 1.54) is 6.07 Å². The molecule has 0 aliphatic carbocycles. The molecule has 310 valence electrons. The van der Waals surface area contributed by atoms with E-state index in [2.05, 4.69) is 29.9 Å². The second-order valence-corrected chi connectivity index (χ2v) is 13.5. The molecule has 0 fully saturated rings. The average Bonchev–Trinajstić information content (AvgIpc) is 4.17. The highest BCUT2D eigenvalue weighted by molar-refractivity contribution is 6.58. The van der Waals surface area contributed by atoms with E-state index in [9.17, 15) is 14.4 Å². The van der Waals surface area contributed by atoms with Crippen molar-refractivity contribution in [2.24, 2.45) is 0 Å². The fourth-order valence-electron chi connectivity index (χ4n) is 6.17. The van der Waals surface area contributed by atoms with E-state index in [1.807, 2.05) is 120 Å². The van der Waals surface area contributed by atoms with Gasteiger partial charge in [0.25, 0.3) is 11.1 Å². The van der Waals surface area contributed by atoms with E-state index in [4.69, 9.17) is 10.0 Å². The summed E-state index contributed by atoms with van der Waals surface area (Å²) in [5.41, 5.74) is 5.64. The first kappa shape index (κ1) is 42.5. The lowest BCUT2D eigenvalue weighted by Gasteiger charge is -2.10. The Labute approximate surface area is 361 Å². The number of aromatic nitrogens is 9. The quantitative estimate of drug-likeness (QED) is 0.120. The summed E-state index contributed by atoms with van der Waals surface area (Å²) in [4.78, 5) is 56.0. The zero-order chi connectivity index (χ0) is 43.8. The number of nitrogens with one attached hydrogen (secondary N) is 3. The predicted molar refractivity (Wildman–Crippen MR) is 245 cm³/mol. The molecular weight excluding hydrogens is 793 g/mol. The SMILES string of the molecule is O=c1ccc(-c2ncc[nH]2)c[nH]1.O=c1ccc(-c2ncc[nH]2)cn1-c1ccccc1.O=c1ccc(-c2nccn2-c2ccccc2)cn1-c1ccccc1.OB(O)c1ccccc1. The van der Waals surface area contributed by atoms with Crippen molar-refractivity contribution in [3.63, 3.8) is 0 Å². The van der Waals surface area contributed by atoms with Crippen LogP contribution in [0.1, 0.15) is 0 Å². The van der Waals surface area contributed by atoms with Gasteiger partial charge >= 0.3 is 7.12 Å². The van der Waals surface area contributed by atoms with E-state index in [1.54, 1.807) is 101 Å². The Balaban J connectivity index is 0.000000134. The normalized spacial score (nSPS) is 10.3. The monoisotopic (exact) mass is 833 g/mol. The molecule has 0 unspecified atom stereocenters. The van der Waals surface area contributed by atoms with Crippen molar-refractivity contribution in [3.8, 4) is 51.2 Å². The molecule has 0 aliphatic rings. The Morgan fingerprint density at radius 2 is 0.905 bits per heavy atom. The predicted octanol–water partition coefficient (Wildman–Crippen LogP) is 6.05. The molecule has 14 nitrogen and oxygen atoms in total. The zero-order valence-electron chi connectivity index (χ0n) is 33.6. The van der Waals surface area contributed by atoms with Crippen LogP contribution in [0.25, 0.3) is 51.2 Å². The third kappa shape index (κ3) is 11.3. The zero-order valence-corrected chi connectivity index (χ0v) is 33.6. The number of imidazole rings is 3. The molecule has 0 atom stereocenters. The molecule has 0 spiro atoms. The highest BCUT2D eigenvalue weighted by Gasteiger charge is 2.11. The van der Waals surface area contributed by atoms with Crippen molar-refractivity contribution in [3.05, 3.63) is 245 Å². The number of para-hydroxylation sites is 3. The number of hydrogen-bond acceptors (Lipinski definition) is 8. The highest BCUT2D eigenvalue weighted by atomic mass is 16.4. The minimum Gasteiger partial charge on any atom is -0.423 e. The van der Waals surface area contributed by atoms with Crippen LogP contribution in [0.2, 0.25) is 0 Å². The smallest absolute Gasteiger partial charge is 0.423 e. The van der Waals surface area contributed by atoms with Gasteiger partial charge in [0.1, 0.15) is 17.5 Å². The van der Waals surface area contributed by atoms with Gasteiger partial charge in [0, 0.05) is 108 Å². The maximum Gasteiger partial charge on any atom is 0.488 e. The van der Waals surface area contributed by atoms with Crippen LogP contribution >= 0.6 is 0 Å². The van der Waals surface area contributed by atoms with Gasteiger partial charge in [-0.15, -0.1) is 0 Å². The van der Waals surface area contributed by atoms with E-state index in [0.717, 1.165) is 51.2 Å². The minimum atomic E-state index is -1.34. The Hall–Kier alpha value is -8.66. The number of hydrogen-bond donors (Lipinski definition) is 5. The molecule has 10 aromatic rings. The maximum atomic E-state index is 12.2. The molecule has 0 aliphatic heterocycles. The van der Waals surface area contributed by atoms with E-state index >= 15 is 0 Å². The summed E-state index contributed by atoms with van der Waals surface area (Å²) in [5, 5.41) is 17.2. The summed E-state index contributed by atoms with van der Waals surface area (Å²) in [7, 11) is -1.34. The molecule has 6 heterocycles. The third-order valence-corrected chi connectivity index (χ3v) is 9.25. The first-order chi connectivity index (χ1) is 30.8. The van der Waals surface area contributed by atoms with Gasteiger partial charge in [0.05, 0.1) is 0 Å². The summed E-state index contributed by atoms with van der Waals surface area (Å²) in [6.45, 7) is 0. The fourth-order valence-corrected chi connectivity index (χ4v) is 6.17. The van der Waals surface area contributed by atoms with Crippen molar-refractivity contribution >= 4 is 12.6 Å². The van der Waals surface area contributed by atoms with Crippen LogP contribution in [-0.4, -0.2) is 60.8 Å². The number of pyridine rings is 3. The van der Waals surface area contributed by atoms with Gasteiger partial charge in [0.15, 0.2) is 0 Å². The molecule has 0 bridgehead atoms. The summed E-state index contributed by atoms with van der Waals surface area (Å²) in [6, 6.07) is 47.7. The van der Waals surface area contributed by atoms with E-state index < -0.39 is 7.12 Å². The largest absolute Gasteiger partial charge is 0.488 e. The molecule has 4 aromatic carbocycles. The summed E-state index contributed by atoms with van der Waals surface area (Å²) >= 11 is 0. The minimum absolute atomic E-state index is 0.0588. The molecule has 10 rings (SSSR count). The molecule has 63 heavy (non-hydrogen) atoms. The summed E-state index contributed by atoms with van der Waals surface area (Å²) in [6.07, 6.45) is 15.8. The lowest BCUT2D eigenvalue weighted by molar-refractivity contribution is 0.426. The molecule has 0 saturated carbocycles. The van der Waals surface area contributed by atoms with Crippen LogP contribution in [-0.2, 0) is 0 Å². The number of nitrogens with zero attached hydrogens (tertiary/aromatic N) is 6. The fraction of sp³-hybridized carbons (Fsp3) is 0. The first-order valence-corrected chi connectivity index (χ1v) is 19.6. The van der Waals surface area contributed by atoms with Gasteiger partial charge in [0.2, 0.25) is 5.56 Å². The van der Waals surface area contributed by atoms with Crippen LogP contribution < -0.4 is 22.1 Å². The van der Waals surface area contributed by atoms with Crippen LogP contribution in [0.5, 0.6) is 0 Å². The van der Waals surface area contributed by atoms with Gasteiger partial charge < -0.3 is 25.0 Å². The van der Waals surface area contributed by atoms with Crippen LogP contribution in [0, 0.1) is 0 Å². The van der Waals surface area contributed by atoms with Crippen molar-refractivity contribution in [2.45, 2.75) is 0 Å². The Morgan fingerprint density at radius 3 is 1.37 bits per heavy atom. The van der Waals surface area contributed by atoms with Crippen LogP contribution in [0.4, 0.5) is 0 Å². The Kier molecular flexibility index (Phi) is 14.2. The van der Waals surface area contributed by atoms with Crippen LogP contribution in [0.3, 0.4) is 0 Å². The molecule has 0 radical (unpaired) electrons. The summed E-state index contributed by atoms with van der Waals surface area (Å²) < 4.78 is 5.26. The molecule has 0 amide bonds. The average molecular weight is 834 g/mol. The Morgan fingerprint density at radius 1 is 0.444 bits per heavy atom. The summed E-state index contributed by atoms with van der Waals surface area (Å²) in [5.74, 6) is 2.30. The highest BCUT2D eigenvalue weighted by Crippen LogP contribution is 2.21. The van der Waals surface area contributed by atoms with Crippen molar-refractivity contribution in [2.75, 3.05) is 0 Å². The molecular formula is C48H40BN9O5. The van der Waals surface area contributed by atoms with E-state index in [-0.39, 0.29) is 16.7 Å². The molecule has 5 N–H and O–H groups in total. The Bertz CT molecular complexity index is 3080. The molecule has 0 saturated heterocycles. The van der Waals surface area contributed by atoms with Crippen molar-refractivity contribution in [1.29, 1.82) is 0 Å². The van der Waals surface area contributed by atoms with E-state index in [0.29, 0.717) is 5.46 Å². The van der Waals surface area contributed by atoms with Gasteiger partial charge in [-0.3, -0.25) is 28.1 Å². The van der Waals surface area contributed by atoms with Crippen molar-refractivity contribution in [1.82, 2.24) is 43.6 Å². The standard InChI is InChI=1S/C20H15N3O.C14H11N3O.C8H7N3O.C6H7BO2/c24-19-12-11-16(15-23(19)18-9-5-2-6-10-18)20-21-13-14-22(20)17-7-3-1-4-8-17;18-13-7-6-11(14-15-8-9-16-14)10-17(13)12-4-2-1-3-5-12;12-7-2-1-6(5-11-7)8-9-3-4-10-8;8-7(9)6-4-2-1-3-5-6/h1-15H;1-10H,(H,15,16);1-5H,(H,9,10)(H,11,12);1-5,8-9H. The second-order valence-electron chi connectivity index (χ2n) is 13.5.